The largest absolute Gasteiger partial charge is 0.497 e. The molecule has 0 bridgehead atoms. The van der Waals surface area contributed by atoms with Gasteiger partial charge in [-0.15, -0.1) is 0 Å². The van der Waals surface area contributed by atoms with E-state index in [9.17, 15) is 4.79 Å². The average molecular weight is 240 g/mol. The van der Waals surface area contributed by atoms with E-state index < -0.39 is 0 Å². The molecule has 0 aliphatic heterocycles. The third-order valence-corrected chi connectivity index (χ3v) is 2.88. The maximum atomic E-state index is 11.9. The first-order valence-corrected chi connectivity index (χ1v) is 5.99. The number of methoxy groups -OCH3 is 1. The van der Waals surface area contributed by atoms with E-state index in [0.717, 1.165) is 12.2 Å². The van der Waals surface area contributed by atoms with Gasteiger partial charge < -0.3 is 4.74 Å². The molecular formula is C16H16O2. The van der Waals surface area contributed by atoms with Gasteiger partial charge in [0.25, 0.3) is 0 Å². The van der Waals surface area contributed by atoms with Crippen molar-refractivity contribution >= 4 is 5.78 Å². The Morgan fingerprint density at radius 3 is 2.67 bits per heavy atom. The SMILES string of the molecule is COc1ccc(C(=O)C=CC2C=CC=CC2)cc1. The van der Waals surface area contributed by atoms with E-state index in [1.165, 1.54) is 0 Å². The fraction of sp³-hybridized carbons (Fsp3) is 0.188. The quantitative estimate of drug-likeness (QED) is 0.594. The molecule has 2 nitrogen and oxygen atoms in total. The van der Waals surface area contributed by atoms with Gasteiger partial charge in [-0.3, -0.25) is 4.79 Å². The highest BCUT2D eigenvalue weighted by Gasteiger charge is 2.04. The maximum absolute atomic E-state index is 11.9. The van der Waals surface area contributed by atoms with E-state index in [1.807, 2.05) is 18.2 Å². The summed E-state index contributed by atoms with van der Waals surface area (Å²) in [5, 5.41) is 0. The molecule has 2 heteroatoms. The van der Waals surface area contributed by atoms with E-state index in [0.29, 0.717) is 11.5 Å². The van der Waals surface area contributed by atoms with Crippen LogP contribution >= 0.6 is 0 Å². The summed E-state index contributed by atoms with van der Waals surface area (Å²) in [7, 11) is 1.61. The van der Waals surface area contributed by atoms with Gasteiger partial charge in [0, 0.05) is 5.56 Å². The minimum Gasteiger partial charge on any atom is -0.497 e. The fourth-order valence-corrected chi connectivity index (χ4v) is 1.80. The number of carbonyl (C=O) groups excluding carboxylic acids is 1. The number of ether oxygens (including phenoxy) is 1. The molecule has 0 radical (unpaired) electrons. The van der Waals surface area contributed by atoms with Crippen LogP contribution in [0.4, 0.5) is 0 Å². The normalized spacial score (nSPS) is 18.2. The Morgan fingerprint density at radius 1 is 1.28 bits per heavy atom. The zero-order valence-corrected chi connectivity index (χ0v) is 10.4. The van der Waals surface area contributed by atoms with Gasteiger partial charge in [-0.25, -0.2) is 0 Å². The highest BCUT2D eigenvalue weighted by atomic mass is 16.5. The molecule has 18 heavy (non-hydrogen) atoms. The number of carbonyl (C=O) groups is 1. The molecule has 1 atom stereocenters. The molecule has 2 rings (SSSR count). The molecule has 0 heterocycles. The van der Waals surface area contributed by atoms with E-state index in [2.05, 4.69) is 12.2 Å². The van der Waals surface area contributed by atoms with Crippen LogP contribution in [-0.4, -0.2) is 12.9 Å². The summed E-state index contributed by atoms with van der Waals surface area (Å²) in [6.07, 6.45) is 12.8. The molecule has 1 aromatic rings. The van der Waals surface area contributed by atoms with Gasteiger partial charge >= 0.3 is 0 Å². The van der Waals surface area contributed by atoms with Crippen LogP contribution in [-0.2, 0) is 0 Å². The van der Waals surface area contributed by atoms with Crippen LogP contribution in [0, 0.1) is 5.92 Å². The van der Waals surface area contributed by atoms with Crippen molar-refractivity contribution in [1.29, 1.82) is 0 Å². The lowest BCUT2D eigenvalue weighted by molar-refractivity contribution is 0.104. The highest BCUT2D eigenvalue weighted by Crippen LogP contribution is 2.15. The monoisotopic (exact) mass is 240 g/mol. The molecule has 0 fully saturated rings. The van der Waals surface area contributed by atoms with Crippen LogP contribution in [0.1, 0.15) is 16.8 Å². The topological polar surface area (TPSA) is 26.3 Å². The second kappa shape index (κ2) is 6.01. The third-order valence-electron chi connectivity index (χ3n) is 2.88. The van der Waals surface area contributed by atoms with E-state index >= 15 is 0 Å². The third kappa shape index (κ3) is 3.20. The van der Waals surface area contributed by atoms with E-state index in [-0.39, 0.29) is 5.78 Å². The second-order valence-electron chi connectivity index (χ2n) is 4.16. The van der Waals surface area contributed by atoms with Crippen molar-refractivity contribution < 1.29 is 9.53 Å². The van der Waals surface area contributed by atoms with E-state index in [1.54, 1.807) is 37.5 Å². The molecule has 92 valence electrons. The Balaban J connectivity index is 2.00. The van der Waals surface area contributed by atoms with Gasteiger partial charge in [0.1, 0.15) is 5.75 Å². The molecule has 0 aromatic heterocycles. The first-order valence-electron chi connectivity index (χ1n) is 5.99. The molecule has 0 spiro atoms. The van der Waals surface area contributed by atoms with Crippen LogP contribution in [0.3, 0.4) is 0 Å². The fourth-order valence-electron chi connectivity index (χ4n) is 1.80. The van der Waals surface area contributed by atoms with Crippen LogP contribution in [0.15, 0.2) is 60.7 Å². The zero-order chi connectivity index (χ0) is 12.8. The van der Waals surface area contributed by atoms with Crippen LogP contribution in [0.5, 0.6) is 5.75 Å². The number of ketones is 1. The van der Waals surface area contributed by atoms with Gasteiger partial charge in [0.15, 0.2) is 5.78 Å². The Bertz CT molecular complexity index is 492. The van der Waals surface area contributed by atoms with Crippen molar-refractivity contribution in [2.45, 2.75) is 6.42 Å². The van der Waals surface area contributed by atoms with Crippen molar-refractivity contribution in [3.63, 3.8) is 0 Å². The molecular weight excluding hydrogens is 224 g/mol. The molecule has 0 amide bonds. The minimum atomic E-state index is 0.0283. The standard InChI is InChI=1S/C16H16O2/c1-18-15-10-8-14(9-11-15)16(17)12-7-13-5-3-2-4-6-13/h2-5,7-13H,6H2,1H3. The van der Waals surface area contributed by atoms with E-state index in [4.69, 9.17) is 4.74 Å². The summed E-state index contributed by atoms with van der Waals surface area (Å²) in [4.78, 5) is 11.9. The number of hydrogen-bond donors (Lipinski definition) is 0. The summed E-state index contributed by atoms with van der Waals surface area (Å²) in [6, 6.07) is 7.15. The Kier molecular flexibility index (Phi) is 4.13. The Labute approximate surface area is 107 Å². The number of rotatable bonds is 4. The smallest absolute Gasteiger partial charge is 0.185 e. The van der Waals surface area contributed by atoms with Gasteiger partial charge in [-0.2, -0.15) is 0 Å². The lowest BCUT2D eigenvalue weighted by Crippen LogP contribution is -1.97. The second-order valence-corrected chi connectivity index (χ2v) is 4.16. The highest BCUT2D eigenvalue weighted by molar-refractivity contribution is 6.04. The summed E-state index contributed by atoms with van der Waals surface area (Å²) in [6.45, 7) is 0. The molecule has 0 saturated carbocycles. The molecule has 1 aliphatic carbocycles. The molecule has 1 aliphatic rings. The lowest BCUT2D eigenvalue weighted by atomic mass is 9.99. The van der Waals surface area contributed by atoms with Crippen LogP contribution in [0.25, 0.3) is 0 Å². The van der Waals surface area contributed by atoms with Crippen molar-refractivity contribution in [2.24, 2.45) is 5.92 Å². The molecule has 1 unspecified atom stereocenters. The van der Waals surface area contributed by atoms with Gasteiger partial charge in [0.05, 0.1) is 7.11 Å². The van der Waals surface area contributed by atoms with Crippen molar-refractivity contribution in [2.75, 3.05) is 7.11 Å². The van der Waals surface area contributed by atoms with Gasteiger partial charge in [-0.1, -0.05) is 30.4 Å². The molecule has 1 aromatic carbocycles. The lowest BCUT2D eigenvalue weighted by Gasteiger charge is -2.06. The first kappa shape index (κ1) is 12.4. The average Bonchev–Trinajstić information content (AvgIpc) is 2.46. The summed E-state index contributed by atoms with van der Waals surface area (Å²) < 4.78 is 5.06. The Hall–Kier alpha value is -2.09. The zero-order valence-electron chi connectivity index (χ0n) is 10.4. The van der Waals surface area contributed by atoms with Crippen molar-refractivity contribution in [1.82, 2.24) is 0 Å². The predicted octanol–water partition coefficient (Wildman–Crippen LogP) is 3.57. The Morgan fingerprint density at radius 2 is 2.06 bits per heavy atom. The van der Waals surface area contributed by atoms with Gasteiger partial charge in [-0.05, 0) is 42.7 Å². The van der Waals surface area contributed by atoms with Crippen molar-refractivity contribution in [3.05, 3.63) is 66.3 Å². The van der Waals surface area contributed by atoms with Crippen LogP contribution < -0.4 is 4.74 Å². The predicted molar refractivity (Wildman–Crippen MR) is 72.9 cm³/mol. The van der Waals surface area contributed by atoms with Crippen LogP contribution in [0.2, 0.25) is 0 Å². The summed E-state index contributed by atoms with van der Waals surface area (Å²) >= 11 is 0. The summed E-state index contributed by atoms with van der Waals surface area (Å²) in [5.41, 5.74) is 0.683. The molecule has 0 N–H and O–H groups in total. The first-order chi connectivity index (χ1) is 8.79. The van der Waals surface area contributed by atoms with Gasteiger partial charge in [0.2, 0.25) is 0 Å². The van der Waals surface area contributed by atoms with Crippen molar-refractivity contribution in [3.8, 4) is 5.75 Å². The number of benzene rings is 1. The number of hydrogen-bond acceptors (Lipinski definition) is 2. The number of allylic oxidation sites excluding steroid dienone is 6. The molecule has 0 saturated heterocycles. The minimum absolute atomic E-state index is 0.0283. The summed E-state index contributed by atoms with van der Waals surface area (Å²) in [5.74, 6) is 1.12. The maximum Gasteiger partial charge on any atom is 0.185 e.